The topological polar surface area (TPSA) is 40.6 Å². The summed E-state index contributed by atoms with van der Waals surface area (Å²) in [4.78, 5) is 29.1. The van der Waals surface area contributed by atoms with E-state index in [0.717, 1.165) is 11.4 Å². The Morgan fingerprint density at radius 2 is 1.86 bits per heavy atom. The van der Waals surface area contributed by atoms with Crippen LogP contribution < -0.4 is 4.90 Å². The summed E-state index contributed by atoms with van der Waals surface area (Å²) in [5.74, 6) is 0.202. The van der Waals surface area contributed by atoms with Gasteiger partial charge in [-0.15, -0.1) is 0 Å². The van der Waals surface area contributed by atoms with Crippen molar-refractivity contribution in [3.63, 3.8) is 0 Å². The van der Waals surface area contributed by atoms with Crippen LogP contribution in [0.15, 0.2) is 48.5 Å². The lowest BCUT2D eigenvalue weighted by atomic mass is 10.1. The average Bonchev–Trinajstić information content (AvgIpc) is 2.95. The highest BCUT2D eigenvalue weighted by atomic mass is 35.5. The zero-order valence-corrected chi connectivity index (χ0v) is 17.5. The van der Waals surface area contributed by atoms with E-state index in [4.69, 9.17) is 11.6 Å². The fourth-order valence-electron chi connectivity index (χ4n) is 3.98. The Hall–Kier alpha value is -2.05. The standard InChI is InChI=1S/C22H22ClFN2O2S/c23-16-5-7-17(8-6-16)26-14-15(13-21(26)27)22(28)25-10-9-20(29-12-11-25)18-3-1-2-4-19(18)24/h1-8,15,20H,9-14H2. The molecule has 0 aromatic heterocycles. The molecule has 29 heavy (non-hydrogen) atoms. The molecule has 152 valence electrons. The molecule has 0 radical (unpaired) electrons. The number of thioether (sulfide) groups is 1. The first-order chi connectivity index (χ1) is 14.0. The van der Waals surface area contributed by atoms with Crippen molar-refractivity contribution in [2.75, 3.05) is 30.3 Å². The first kappa shape index (κ1) is 20.2. The molecule has 0 aliphatic carbocycles. The number of carbonyl (C=O) groups is 2. The van der Waals surface area contributed by atoms with Gasteiger partial charge in [-0.2, -0.15) is 11.8 Å². The van der Waals surface area contributed by atoms with E-state index in [1.54, 1.807) is 47.0 Å². The van der Waals surface area contributed by atoms with Gasteiger partial charge in [-0.25, -0.2) is 4.39 Å². The molecule has 2 aliphatic heterocycles. The highest BCUT2D eigenvalue weighted by Crippen LogP contribution is 2.36. The van der Waals surface area contributed by atoms with Crippen molar-refractivity contribution >= 4 is 40.9 Å². The third-order valence-corrected chi connectivity index (χ3v) is 7.08. The molecule has 2 aromatic carbocycles. The zero-order valence-electron chi connectivity index (χ0n) is 15.9. The molecule has 2 fully saturated rings. The molecule has 2 aromatic rings. The van der Waals surface area contributed by atoms with E-state index in [-0.39, 0.29) is 35.2 Å². The molecule has 0 N–H and O–H groups in total. The fourth-order valence-corrected chi connectivity index (χ4v) is 5.36. The Labute approximate surface area is 179 Å². The smallest absolute Gasteiger partial charge is 0.228 e. The number of nitrogens with zero attached hydrogens (tertiary/aromatic N) is 2. The van der Waals surface area contributed by atoms with Crippen molar-refractivity contribution in [1.29, 1.82) is 0 Å². The average molecular weight is 433 g/mol. The Bertz CT molecular complexity index is 908. The van der Waals surface area contributed by atoms with Crippen LogP contribution in [0, 0.1) is 11.7 Å². The van der Waals surface area contributed by atoms with E-state index in [1.807, 2.05) is 17.0 Å². The highest BCUT2D eigenvalue weighted by molar-refractivity contribution is 7.99. The largest absolute Gasteiger partial charge is 0.342 e. The minimum absolute atomic E-state index is 0.0181. The minimum atomic E-state index is -0.340. The summed E-state index contributed by atoms with van der Waals surface area (Å²) in [6.45, 7) is 1.59. The molecule has 0 saturated carbocycles. The van der Waals surface area contributed by atoms with Gasteiger partial charge in [0.05, 0.1) is 5.92 Å². The van der Waals surface area contributed by atoms with Crippen LogP contribution >= 0.6 is 23.4 Å². The molecule has 2 saturated heterocycles. The first-order valence-electron chi connectivity index (χ1n) is 9.73. The second kappa shape index (κ2) is 8.76. The van der Waals surface area contributed by atoms with Gasteiger partial charge in [-0.1, -0.05) is 29.8 Å². The number of rotatable bonds is 3. The van der Waals surface area contributed by atoms with E-state index < -0.39 is 0 Å². The molecular weight excluding hydrogens is 411 g/mol. The lowest BCUT2D eigenvalue weighted by Crippen LogP contribution is -2.38. The van der Waals surface area contributed by atoms with Crippen LogP contribution in [0.4, 0.5) is 10.1 Å². The van der Waals surface area contributed by atoms with Crippen molar-refractivity contribution in [3.8, 4) is 0 Å². The molecule has 2 unspecified atom stereocenters. The predicted octanol–water partition coefficient (Wildman–Crippen LogP) is 4.54. The summed E-state index contributed by atoms with van der Waals surface area (Å²) in [5, 5.41) is 0.657. The monoisotopic (exact) mass is 432 g/mol. The summed E-state index contributed by atoms with van der Waals surface area (Å²) in [5.41, 5.74) is 1.47. The Morgan fingerprint density at radius 1 is 1.10 bits per heavy atom. The maximum atomic E-state index is 14.1. The Balaban J connectivity index is 1.40. The molecule has 2 heterocycles. The summed E-state index contributed by atoms with van der Waals surface area (Å²) in [7, 11) is 0. The van der Waals surface area contributed by atoms with Gasteiger partial charge >= 0.3 is 0 Å². The molecule has 4 nitrogen and oxygen atoms in total. The van der Waals surface area contributed by atoms with Crippen molar-refractivity contribution in [1.82, 2.24) is 4.90 Å². The van der Waals surface area contributed by atoms with Gasteiger partial charge in [0.2, 0.25) is 11.8 Å². The maximum absolute atomic E-state index is 14.1. The summed E-state index contributed by atoms with van der Waals surface area (Å²) in [6, 6.07) is 13.9. The third kappa shape index (κ3) is 4.43. The van der Waals surface area contributed by atoms with E-state index in [0.29, 0.717) is 36.6 Å². The number of benzene rings is 2. The summed E-state index contributed by atoms with van der Waals surface area (Å²) < 4.78 is 14.1. The highest BCUT2D eigenvalue weighted by Gasteiger charge is 2.37. The number of carbonyl (C=O) groups excluding carboxylic acids is 2. The second-order valence-electron chi connectivity index (χ2n) is 7.38. The van der Waals surface area contributed by atoms with Gasteiger partial charge in [-0.05, 0) is 36.8 Å². The molecular formula is C22H22ClFN2O2S. The summed E-state index contributed by atoms with van der Waals surface area (Å²) >= 11 is 7.62. The maximum Gasteiger partial charge on any atom is 0.228 e. The zero-order chi connectivity index (χ0) is 20.4. The quantitative estimate of drug-likeness (QED) is 0.715. The van der Waals surface area contributed by atoms with E-state index in [9.17, 15) is 14.0 Å². The van der Waals surface area contributed by atoms with E-state index in [2.05, 4.69) is 0 Å². The van der Waals surface area contributed by atoms with Crippen molar-refractivity contribution in [2.24, 2.45) is 5.92 Å². The van der Waals surface area contributed by atoms with Crippen LogP contribution in [-0.4, -0.2) is 42.1 Å². The molecule has 2 aliphatic rings. The lowest BCUT2D eigenvalue weighted by molar-refractivity contribution is -0.135. The van der Waals surface area contributed by atoms with Gasteiger partial charge in [0.15, 0.2) is 0 Å². The van der Waals surface area contributed by atoms with Gasteiger partial charge in [0, 0.05) is 53.3 Å². The number of amides is 2. The van der Waals surface area contributed by atoms with Crippen LogP contribution in [-0.2, 0) is 9.59 Å². The molecule has 2 amide bonds. The predicted molar refractivity (Wildman–Crippen MR) is 115 cm³/mol. The molecule has 4 rings (SSSR count). The SMILES string of the molecule is O=C(C1CC(=O)N(c2ccc(Cl)cc2)C1)N1CCSC(c2ccccc2F)CC1. The minimum Gasteiger partial charge on any atom is -0.342 e. The van der Waals surface area contributed by atoms with Crippen LogP contribution in [0.3, 0.4) is 0 Å². The second-order valence-corrected chi connectivity index (χ2v) is 9.12. The number of hydrogen-bond donors (Lipinski definition) is 0. The molecule has 0 spiro atoms. The van der Waals surface area contributed by atoms with Crippen molar-refractivity contribution in [3.05, 3.63) is 64.9 Å². The van der Waals surface area contributed by atoms with Gasteiger partial charge in [-0.3, -0.25) is 9.59 Å². The molecule has 2 atom stereocenters. The van der Waals surface area contributed by atoms with Crippen molar-refractivity contribution < 1.29 is 14.0 Å². The van der Waals surface area contributed by atoms with Crippen LogP contribution in [0.1, 0.15) is 23.7 Å². The number of anilines is 1. The van der Waals surface area contributed by atoms with Gasteiger partial charge in [0.1, 0.15) is 5.82 Å². The molecule has 7 heteroatoms. The van der Waals surface area contributed by atoms with Gasteiger partial charge in [0.25, 0.3) is 0 Å². The van der Waals surface area contributed by atoms with Crippen LogP contribution in [0.2, 0.25) is 5.02 Å². The van der Waals surface area contributed by atoms with Crippen LogP contribution in [0.25, 0.3) is 0 Å². The number of halogens is 2. The first-order valence-corrected chi connectivity index (χ1v) is 11.2. The normalized spacial score (nSPS) is 22.6. The fraction of sp³-hybridized carbons (Fsp3) is 0.364. The summed E-state index contributed by atoms with van der Waals surface area (Å²) in [6.07, 6.45) is 0.931. The Kier molecular flexibility index (Phi) is 6.11. The van der Waals surface area contributed by atoms with E-state index >= 15 is 0 Å². The van der Waals surface area contributed by atoms with E-state index in [1.165, 1.54) is 6.07 Å². The lowest BCUT2D eigenvalue weighted by Gasteiger charge is -2.24. The third-order valence-electron chi connectivity index (χ3n) is 5.52. The number of hydrogen-bond acceptors (Lipinski definition) is 3. The van der Waals surface area contributed by atoms with Gasteiger partial charge < -0.3 is 9.80 Å². The van der Waals surface area contributed by atoms with Crippen LogP contribution in [0.5, 0.6) is 0 Å². The van der Waals surface area contributed by atoms with Crippen molar-refractivity contribution in [2.45, 2.75) is 18.1 Å². The Morgan fingerprint density at radius 3 is 2.62 bits per heavy atom. The molecule has 0 bridgehead atoms.